The fourth-order valence-electron chi connectivity index (χ4n) is 4.32. The third kappa shape index (κ3) is 5.96. The van der Waals surface area contributed by atoms with E-state index in [0.29, 0.717) is 12.1 Å². The van der Waals surface area contributed by atoms with Crippen molar-refractivity contribution in [2.45, 2.75) is 38.2 Å². The number of urea groups is 1. The molecular weight excluding hydrogens is 531 g/mol. The second kappa shape index (κ2) is 11.7. The molecule has 5 amide bonds. The maximum atomic E-state index is 13.3. The van der Waals surface area contributed by atoms with Crippen molar-refractivity contribution >= 4 is 53.3 Å². The molecule has 3 heterocycles. The number of para-hydroxylation sites is 1. The topological polar surface area (TPSA) is 204 Å². The Morgan fingerprint density at radius 2 is 2.05 bits per heavy atom. The molecule has 1 aromatic heterocycles. The van der Waals surface area contributed by atoms with Crippen LogP contribution in [0.1, 0.15) is 47.4 Å². The molecule has 14 nitrogen and oxygen atoms in total. The third-order valence-electron chi connectivity index (χ3n) is 6.38. The molecule has 16 heteroatoms. The zero-order valence-corrected chi connectivity index (χ0v) is 21.8. The zero-order chi connectivity index (χ0) is 28.3. The number of carbonyl (C=O) groups excluding carboxylic acids is 4. The molecule has 2 aromatic rings. The number of nitrogens with two attached hydrogens (primary N) is 1. The van der Waals surface area contributed by atoms with Gasteiger partial charge in [-0.05, 0) is 24.5 Å². The molecule has 4 rings (SSSR count). The number of piperazine rings is 1. The summed E-state index contributed by atoms with van der Waals surface area (Å²) in [7, 11) is -1.59. The number of aromatic nitrogens is 1. The Labute approximate surface area is 227 Å². The van der Waals surface area contributed by atoms with E-state index in [0.717, 1.165) is 29.1 Å². The van der Waals surface area contributed by atoms with Gasteiger partial charge in [-0.15, -0.1) is 11.3 Å². The van der Waals surface area contributed by atoms with E-state index < -0.39 is 48.8 Å². The highest BCUT2D eigenvalue weighted by atomic mass is 32.1. The summed E-state index contributed by atoms with van der Waals surface area (Å²) >= 11 is 1.03. The van der Waals surface area contributed by atoms with Crippen molar-refractivity contribution in [3.8, 4) is 5.75 Å². The monoisotopic (exact) mass is 558 g/mol. The number of anilines is 1. The van der Waals surface area contributed by atoms with Crippen molar-refractivity contribution in [3.05, 3.63) is 40.4 Å². The molecule has 0 bridgehead atoms. The van der Waals surface area contributed by atoms with Crippen molar-refractivity contribution in [2.24, 2.45) is 0 Å². The van der Waals surface area contributed by atoms with Crippen LogP contribution in [0, 0.1) is 0 Å². The van der Waals surface area contributed by atoms with Crippen LogP contribution in [0.4, 0.5) is 9.93 Å². The highest BCUT2D eigenvalue weighted by molar-refractivity contribution is 7.13. The number of imide groups is 1. The number of nitrogen functional groups attached to an aromatic ring is 1. The van der Waals surface area contributed by atoms with E-state index in [9.17, 15) is 34.1 Å². The molecule has 39 heavy (non-hydrogen) atoms. The number of rotatable bonds is 8. The Morgan fingerprint density at radius 1 is 1.28 bits per heavy atom. The summed E-state index contributed by atoms with van der Waals surface area (Å²) in [4.78, 5) is 69.2. The van der Waals surface area contributed by atoms with Gasteiger partial charge in [0.2, 0.25) is 5.91 Å². The maximum Gasteiger partial charge on any atom is 0.547 e. The largest absolute Gasteiger partial charge is 0.547 e. The number of unbranched alkanes of at least 4 members (excludes halogenated alkanes) is 1. The Hall–Kier alpha value is -4.18. The molecule has 2 atom stereocenters. The summed E-state index contributed by atoms with van der Waals surface area (Å²) in [6.07, 6.45) is 1.59. The number of amides is 5. The third-order valence-corrected chi connectivity index (χ3v) is 7.07. The Balaban J connectivity index is 1.49. The lowest BCUT2D eigenvalue weighted by molar-refractivity contribution is -0.153. The molecule has 6 N–H and O–H groups in total. The Bertz CT molecular complexity index is 1310. The minimum absolute atomic E-state index is 0.00128. The summed E-state index contributed by atoms with van der Waals surface area (Å²) in [5.74, 6) is -4.83. The number of hydrogen-bond donors (Lipinski definition) is 5. The number of nitrogens with one attached hydrogen (secondary N) is 2. The van der Waals surface area contributed by atoms with Gasteiger partial charge in [0.15, 0.2) is 11.2 Å². The first-order valence-corrected chi connectivity index (χ1v) is 13.1. The van der Waals surface area contributed by atoms with Gasteiger partial charge in [-0.2, -0.15) is 0 Å². The molecule has 0 aliphatic carbocycles. The summed E-state index contributed by atoms with van der Waals surface area (Å²) in [5.41, 5.74) is 6.13. The summed E-state index contributed by atoms with van der Waals surface area (Å²) in [6.45, 7) is 2.48. The van der Waals surface area contributed by atoms with Crippen LogP contribution < -0.4 is 21.0 Å². The van der Waals surface area contributed by atoms with E-state index in [2.05, 4.69) is 15.6 Å². The Morgan fingerprint density at radius 3 is 2.72 bits per heavy atom. The lowest BCUT2D eigenvalue weighted by Gasteiger charge is -2.33. The fraction of sp³-hybridized carbons (Fsp3) is 0.391. The number of carboxylic acid groups (broad SMARTS) is 1. The summed E-state index contributed by atoms with van der Waals surface area (Å²) in [6, 6.07) is 2.07. The summed E-state index contributed by atoms with van der Waals surface area (Å²) in [5, 5.41) is 26.5. The molecule has 206 valence electrons. The predicted octanol–water partition coefficient (Wildman–Crippen LogP) is -0.215. The normalized spacial score (nSPS) is 17.8. The molecule has 2 aliphatic heterocycles. The first-order chi connectivity index (χ1) is 18.6. The van der Waals surface area contributed by atoms with Gasteiger partial charge in [0.25, 0.3) is 0 Å². The standard InChI is InChI=1S/C23H27BN6O8S/c1-2-3-7-29-8-9-30(20(33)19(29)32)23(36)28-16(14-11-39-22(25)26-14)18(31)27-15-10-12-5-4-6-13(21(34)35)17(12)38-24(15)37/h4-6,11,15-16,37H,2-3,7-10H2,1H3,(H2,25,26)(H,27,31)(H,28,36)(H,34,35)/t15-,16?/m0/s1. The van der Waals surface area contributed by atoms with Crippen molar-refractivity contribution in [1.82, 2.24) is 25.4 Å². The molecule has 1 unspecified atom stereocenters. The van der Waals surface area contributed by atoms with E-state index >= 15 is 0 Å². The van der Waals surface area contributed by atoms with Crippen LogP contribution in [-0.4, -0.2) is 87.3 Å². The maximum absolute atomic E-state index is 13.3. The number of fused-ring (bicyclic) bond motifs is 1. The first kappa shape index (κ1) is 27.8. The lowest BCUT2D eigenvalue weighted by Crippen LogP contribution is -2.60. The highest BCUT2D eigenvalue weighted by Crippen LogP contribution is 2.30. The quantitative estimate of drug-likeness (QED) is 0.213. The zero-order valence-electron chi connectivity index (χ0n) is 21.0. The van der Waals surface area contributed by atoms with Crippen LogP contribution in [0.15, 0.2) is 23.6 Å². The minimum Gasteiger partial charge on any atom is -0.534 e. The molecule has 0 radical (unpaired) electrons. The predicted molar refractivity (Wildman–Crippen MR) is 139 cm³/mol. The van der Waals surface area contributed by atoms with E-state index in [4.69, 9.17) is 10.4 Å². The molecule has 1 saturated heterocycles. The van der Waals surface area contributed by atoms with Gasteiger partial charge in [-0.1, -0.05) is 25.5 Å². The van der Waals surface area contributed by atoms with Gasteiger partial charge < -0.3 is 36.1 Å². The first-order valence-electron chi connectivity index (χ1n) is 12.2. The summed E-state index contributed by atoms with van der Waals surface area (Å²) < 4.78 is 5.41. The number of hydrogen-bond acceptors (Lipinski definition) is 10. The molecule has 2 aliphatic rings. The number of carboxylic acids is 1. The second-order valence-electron chi connectivity index (χ2n) is 9.02. The van der Waals surface area contributed by atoms with Crippen LogP contribution in [0.5, 0.6) is 5.75 Å². The van der Waals surface area contributed by atoms with Crippen LogP contribution in [0.3, 0.4) is 0 Å². The number of nitrogens with zero attached hydrogens (tertiary/aromatic N) is 3. The van der Waals surface area contributed by atoms with E-state index in [1.165, 1.54) is 22.4 Å². The number of benzene rings is 1. The van der Waals surface area contributed by atoms with Gasteiger partial charge in [0, 0.05) is 25.0 Å². The SMILES string of the molecule is CCCCN1CCN(C(=O)NC(C(=O)N[C@H]2Cc3cccc(C(=O)O)c3OB2O)c2csc(N)n2)C(=O)C1=O. The average Bonchev–Trinajstić information content (AvgIpc) is 3.33. The molecule has 0 saturated carbocycles. The van der Waals surface area contributed by atoms with Gasteiger partial charge in [0.05, 0.1) is 17.2 Å². The molecule has 1 fully saturated rings. The van der Waals surface area contributed by atoms with Crippen LogP contribution >= 0.6 is 11.3 Å². The molecule has 1 aromatic carbocycles. The van der Waals surface area contributed by atoms with Gasteiger partial charge in [0.1, 0.15) is 5.75 Å². The second-order valence-corrected chi connectivity index (χ2v) is 9.91. The number of carbonyl (C=O) groups is 5. The van der Waals surface area contributed by atoms with Crippen molar-refractivity contribution < 1.29 is 38.8 Å². The van der Waals surface area contributed by atoms with Gasteiger partial charge in [-0.3, -0.25) is 19.3 Å². The van der Waals surface area contributed by atoms with Gasteiger partial charge in [-0.25, -0.2) is 14.6 Å². The average molecular weight is 558 g/mol. The molecular formula is C23H27BN6O8S. The minimum atomic E-state index is -1.59. The van der Waals surface area contributed by atoms with Crippen molar-refractivity contribution in [2.75, 3.05) is 25.4 Å². The Kier molecular flexibility index (Phi) is 8.35. The molecule has 0 spiro atoms. The van der Waals surface area contributed by atoms with E-state index in [1.807, 2.05) is 6.92 Å². The van der Waals surface area contributed by atoms with Crippen LogP contribution in [0.25, 0.3) is 0 Å². The van der Waals surface area contributed by atoms with E-state index in [1.54, 1.807) is 6.07 Å². The lowest BCUT2D eigenvalue weighted by atomic mass is 9.72. The van der Waals surface area contributed by atoms with Crippen LogP contribution in [-0.2, 0) is 20.8 Å². The fourth-order valence-corrected chi connectivity index (χ4v) is 4.91. The number of thiazole rings is 1. The van der Waals surface area contributed by atoms with E-state index in [-0.39, 0.29) is 41.6 Å². The highest BCUT2D eigenvalue weighted by Gasteiger charge is 2.41. The number of aromatic carboxylic acids is 1. The van der Waals surface area contributed by atoms with Crippen LogP contribution in [0.2, 0.25) is 0 Å². The van der Waals surface area contributed by atoms with Gasteiger partial charge >= 0.3 is 30.9 Å². The smallest absolute Gasteiger partial charge is 0.534 e. The van der Waals surface area contributed by atoms with Crippen molar-refractivity contribution in [3.63, 3.8) is 0 Å². The van der Waals surface area contributed by atoms with Crippen molar-refractivity contribution in [1.29, 1.82) is 0 Å².